The van der Waals surface area contributed by atoms with E-state index in [-0.39, 0.29) is 24.3 Å². The Labute approximate surface area is 271 Å². The van der Waals surface area contributed by atoms with E-state index in [1.54, 1.807) is 26.1 Å². The first kappa shape index (κ1) is 31.4. The average Bonchev–Trinajstić information content (AvgIpc) is 3.69. The van der Waals surface area contributed by atoms with Gasteiger partial charge in [-0.1, -0.05) is 56.4 Å². The van der Waals surface area contributed by atoms with Gasteiger partial charge in [-0.15, -0.1) is 0 Å². The van der Waals surface area contributed by atoms with E-state index < -0.39 is 5.54 Å². The average molecular weight is 621 g/mol. The van der Waals surface area contributed by atoms with Gasteiger partial charge in [0, 0.05) is 30.7 Å². The Balaban J connectivity index is 1.43. The highest BCUT2D eigenvalue weighted by Crippen LogP contribution is 2.44. The van der Waals surface area contributed by atoms with Gasteiger partial charge < -0.3 is 24.8 Å². The highest BCUT2D eigenvalue weighted by Gasteiger charge is 2.43. The zero-order valence-electron chi connectivity index (χ0n) is 27.1. The maximum absolute atomic E-state index is 14.0. The molecule has 240 valence electrons. The fourth-order valence-electron chi connectivity index (χ4n) is 7.27. The van der Waals surface area contributed by atoms with Crippen molar-refractivity contribution in [3.8, 4) is 17.0 Å². The zero-order valence-corrected chi connectivity index (χ0v) is 27.1. The second-order valence-electron chi connectivity index (χ2n) is 13.0. The first-order valence-electron chi connectivity index (χ1n) is 16.5. The highest BCUT2D eigenvalue weighted by molar-refractivity contribution is 6.06. The molecular weight excluding hydrogens is 576 g/mol. The van der Waals surface area contributed by atoms with Crippen LogP contribution in [0, 0.1) is 0 Å². The van der Waals surface area contributed by atoms with Crippen LogP contribution in [0.25, 0.3) is 22.2 Å². The van der Waals surface area contributed by atoms with Crippen LogP contribution < -0.4 is 15.4 Å². The standard InChI is InChI=1S/C38H44N4O4/c1-41(2)33(43)25-42-32-24-28(36(44)40-38(22-10-11-23-38)37(45)39-29-14-8-5-9-15-29)18-21-31(32)34(26-12-6-4-7-13-26)35(42)27-16-19-30(46-3)20-17-27/h5,8-9,14-21,24,26H,4,6-7,10-13,22-23,25H2,1-3H3,(H,39,45)(H,40,44). The Morgan fingerprint density at radius 1 is 0.891 bits per heavy atom. The van der Waals surface area contributed by atoms with Crippen LogP contribution in [0.3, 0.4) is 0 Å². The van der Waals surface area contributed by atoms with Crippen molar-refractivity contribution in [1.82, 2.24) is 14.8 Å². The minimum Gasteiger partial charge on any atom is -0.497 e. The molecule has 0 saturated heterocycles. The van der Waals surface area contributed by atoms with Gasteiger partial charge in [-0.2, -0.15) is 0 Å². The second kappa shape index (κ2) is 13.4. The van der Waals surface area contributed by atoms with Crippen molar-refractivity contribution in [2.24, 2.45) is 0 Å². The summed E-state index contributed by atoms with van der Waals surface area (Å²) in [6, 6.07) is 23.2. The van der Waals surface area contributed by atoms with Gasteiger partial charge in [0.1, 0.15) is 17.8 Å². The molecule has 2 fully saturated rings. The molecule has 3 amide bonds. The SMILES string of the molecule is COc1ccc(-c2c(C3CCCCC3)c3ccc(C(=O)NC4(C(=O)Nc5ccccc5)CCCC4)cc3n2CC(=O)N(C)C)cc1. The molecule has 8 heteroatoms. The lowest BCUT2D eigenvalue weighted by atomic mass is 9.81. The van der Waals surface area contributed by atoms with E-state index in [4.69, 9.17) is 4.74 Å². The Morgan fingerprint density at radius 3 is 2.24 bits per heavy atom. The summed E-state index contributed by atoms with van der Waals surface area (Å²) in [6.07, 6.45) is 8.65. The third-order valence-corrected chi connectivity index (χ3v) is 9.81. The number of anilines is 1. The summed E-state index contributed by atoms with van der Waals surface area (Å²) in [5, 5.41) is 7.24. The van der Waals surface area contributed by atoms with Crippen molar-refractivity contribution >= 4 is 34.3 Å². The van der Waals surface area contributed by atoms with E-state index in [0.717, 1.165) is 53.6 Å². The summed E-state index contributed by atoms with van der Waals surface area (Å²) in [5.74, 6) is 0.619. The minimum absolute atomic E-state index is 0.0285. The molecule has 0 bridgehead atoms. The first-order valence-corrected chi connectivity index (χ1v) is 16.5. The minimum atomic E-state index is -0.980. The van der Waals surface area contributed by atoms with Crippen LogP contribution in [0.5, 0.6) is 5.75 Å². The van der Waals surface area contributed by atoms with Gasteiger partial charge in [0.25, 0.3) is 5.91 Å². The van der Waals surface area contributed by atoms with Crippen molar-refractivity contribution in [3.05, 3.63) is 83.9 Å². The molecule has 2 aliphatic carbocycles. The molecule has 8 nitrogen and oxygen atoms in total. The number of likely N-dealkylation sites (N-methyl/N-ethyl adjacent to an activating group) is 1. The smallest absolute Gasteiger partial charge is 0.252 e. The third-order valence-electron chi connectivity index (χ3n) is 9.81. The maximum Gasteiger partial charge on any atom is 0.252 e. The number of nitrogens with one attached hydrogen (secondary N) is 2. The molecule has 2 N–H and O–H groups in total. The molecule has 0 atom stereocenters. The van der Waals surface area contributed by atoms with Crippen molar-refractivity contribution < 1.29 is 19.1 Å². The monoisotopic (exact) mass is 620 g/mol. The predicted molar refractivity (Wildman–Crippen MR) is 182 cm³/mol. The lowest BCUT2D eigenvalue weighted by Crippen LogP contribution is -2.55. The number of benzene rings is 3. The molecule has 1 aromatic heterocycles. The van der Waals surface area contributed by atoms with Gasteiger partial charge in [0.15, 0.2) is 0 Å². The van der Waals surface area contributed by atoms with Crippen LogP contribution in [-0.4, -0.2) is 53.9 Å². The molecule has 0 aliphatic heterocycles. The van der Waals surface area contributed by atoms with Crippen LogP contribution in [0.4, 0.5) is 5.69 Å². The van der Waals surface area contributed by atoms with E-state index in [1.807, 2.05) is 60.7 Å². The number of methoxy groups -OCH3 is 1. The molecule has 2 aliphatic rings. The van der Waals surface area contributed by atoms with E-state index in [2.05, 4.69) is 27.3 Å². The Morgan fingerprint density at radius 2 is 1.59 bits per heavy atom. The largest absolute Gasteiger partial charge is 0.497 e. The van der Waals surface area contributed by atoms with Crippen LogP contribution in [-0.2, 0) is 16.1 Å². The number of nitrogens with zero attached hydrogens (tertiary/aromatic N) is 2. The molecule has 2 saturated carbocycles. The predicted octanol–water partition coefficient (Wildman–Crippen LogP) is 7.13. The Bertz CT molecular complexity index is 1710. The van der Waals surface area contributed by atoms with Gasteiger partial charge in [-0.3, -0.25) is 14.4 Å². The molecule has 0 radical (unpaired) electrons. The van der Waals surface area contributed by atoms with Gasteiger partial charge in [0.05, 0.1) is 18.3 Å². The molecule has 6 rings (SSSR count). The molecular formula is C38H44N4O4. The molecule has 4 aromatic rings. The normalized spacial score (nSPS) is 16.2. The van der Waals surface area contributed by atoms with Crippen LogP contribution in [0.1, 0.15) is 79.6 Å². The van der Waals surface area contributed by atoms with E-state index in [9.17, 15) is 14.4 Å². The number of para-hydroxylation sites is 1. The topological polar surface area (TPSA) is 92.7 Å². The summed E-state index contributed by atoms with van der Waals surface area (Å²) >= 11 is 0. The Kier molecular flexibility index (Phi) is 9.15. The lowest BCUT2D eigenvalue weighted by Gasteiger charge is -2.29. The van der Waals surface area contributed by atoms with E-state index >= 15 is 0 Å². The quantitative estimate of drug-likeness (QED) is 0.208. The number of carbonyl (C=O) groups is 3. The Hall–Kier alpha value is -4.59. The number of rotatable bonds is 9. The first-order chi connectivity index (χ1) is 22.3. The molecule has 3 aromatic carbocycles. The maximum atomic E-state index is 14.0. The van der Waals surface area contributed by atoms with Gasteiger partial charge in [0.2, 0.25) is 11.8 Å². The fourth-order valence-corrected chi connectivity index (χ4v) is 7.27. The summed E-state index contributed by atoms with van der Waals surface area (Å²) in [5.41, 5.74) is 4.32. The van der Waals surface area contributed by atoms with Gasteiger partial charge in [-0.05, 0) is 91.3 Å². The number of hydrogen-bond acceptors (Lipinski definition) is 4. The van der Waals surface area contributed by atoms with Crippen molar-refractivity contribution in [2.75, 3.05) is 26.5 Å². The highest BCUT2D eigenvalue weighted by atomic mass is 16.5. The summed E-state index contributed by atoms with van der Waals surface area (Å²) < 4.78 is 7.54. The number of aromatic nitrogens is 1. The van der Waals surface area contributed by atoms with Crippen molar-refractivity contribution in [1.29, 1.82) is 0 Å². The lowest BCUT2D eigenvalue weighted by molar-refractivity contribution is -0.129. The van der Waals surface area contributed by atoms with Crippen LogP contribution in [0.15, 0.2) is 72.8 Å². The summed E-state index contributed by atoms with van der Waals surface area (Å²) in [4.78, 5) is 42.5. The molecule has 46 heavy (non-hydrogen) atoms. The van der Waals surface area contributed by atoms with E-state index in [1.165, 1.54) is 24.8 Å². The third kappa shape index (κ3) is 6.26. The number of fused-ring (bicyclic) bond motifs is 1. The number of carbonyl (C=O) groups excluding carboxylic acids is 3. The van der Waals surface area contributed by atoms with Crippen LogP contribution >= 0.6 is 0 Å². The summed E-state index contributed by atoms with van der Waals surface area (Å²) in [7, 11) is 5.19. The van der Waals surface area contributed by atoms with Crippen molar-refractivity contribution in [2.45, 2.75) is 75.8 Å². The molecule has 0 spiro atoms. The molecule has 0 unspecified atom stereocenters. The van der Waals surface area contributed by atoms with Crippen molar-refractivity contribution in [3.63, 3.8) is 0 Å². The van der Waals surface area contributed by atoms with Crippen LogP contribution in [0.2, 0.25) is 0 Å². The van der Waals surface area contributed by atoms with E-state index in [0.29, 0.717) is 30.0 Å². The van der Waals surface area contributed by atoms with Gasteiger partial charge in [-0.25, -0.2) is 0 Å². The fraction of sp³-hybridized carbons (Fsp3) is 0.395. The van der Waals surface area contributed by atoms with Gasteiger partial charge >= 0.3 is 0 Å². The number of hydrogen-bond donors (Lipinski definition) is 2. The second-order valence-corrected chi connectivity index (χ2v) is 13.0. The number of ether oxygens (including phenoxy) is 1. The summed E-state index contributed by atoms with van der Waals surface area (Å²) in [6.45, 7) is 0.145. The molecule has 1 heterocycles. The number of amides is 3. The zero-order chi connectivity index (χ0) is 32.3.